The standard InChI is InChI=1S/C18H20F2N2O6/c19-16(20)27-15-2-1-11(13-8-18(28-21-13)3-5-26-10-18)7-12(15)14-9-25-6-4-22(14)17(23)24/h1-2,7-8,14,16,21H,3-6,9-10H2,(H,23,24). The SMILES string of the molecule is O=C(O)N1CCOCC1c1cc(C2=CC3(CCOC3)ON2)ccc1OC(F)F. The summed E-state index contributed by atoms with van der Waals surface area (Å²) in [6.07, 6.45) is 1.45. The second kappa shape index (κ2) is 7.53. The molecule has 2 atom stereocenters. The summed E-state index contributed by atoms with van der Waals surface area (Å²) in [4.78, 5) is 18.4. The van der Waals surface area contributed by atoms with Crippen LogP contribution in [0.1, 0.15) is 23.6 Å². The highest BCUT2D eigenvalue weighted by Crippen LogP contribution is 2.37. The lowest BCUT2D eigenvalue weighted by molar-refractivity contribution is -0.0531. The van der Waals surface area contributed by atoms with Crippen LogP contribution in [-0.2, 0) is 14.3 Å². The number of nitrogens with one attached hydrogen (secondary N) is 1. The van der Waals surface area contributed by atoms with Crippen molar-refractivity contribution in [3.63, 3.8) is 0 Å². The molecular weight excluding hydrogens is 378 g/mol. The van der Waals surface area contributed by atoms with Gasteiger partial charge in [0.2, 0.25) is 0 Å². The molecule has 1 aromatic rings. The first-order valence-electron chi connectivity index (χ1n) is 8.88. The van der Waals surface area contributed by atoms with Crippen LogP contribution in [-0.4, -0.2) is 61.3 Å². The van der Waals surface area contributed by atoms with Gasteiger partial charge < -0.3 is 19.3 Å². The summed E-state index contributed by atoms with van der Waals surface area (Å²) in [5.74, 6) is -0.0843. The summed E-state index contributed by atoms with van der Waals surface area (Å²) in [5.41, 5.74) is 3.95. The molecule has 2 N–H and O–H groups in total. The summed E-state index contributed by atoms with van der Waals surface area (Å²) < 4.78 is 41.2. The summed E-state index contributed by atoms with van der Waals surface area (Å²) in [6.45, 7) is -1.58. The molecule has 2 saturated heterocycles. The molecule has 10 heteroatoms. The Bertz CT molecular complexity index is 781. The lowest BCUT2D eigenvalue weighted by Crippen LogP contribution is -2.42. The van der Waals surface area contributed by atoms with Gasteiger partial charge in [0.1, 0.15) is 11.4 Å². The topological polar surface area (TPSA) is 89.5 Å². The molecule has 4 rings (SSSR count). The number of halogens is 2. The van der Waals surface area contributed by atoms with Crippen LogP contribution in [0.3, 0.4) is 0 Å². The number of carboxylic acid groups (broad SMARTS) is 1. The second-order valence-corrected chi connectivity index (χ2v) is 6.83. The number of rotatable bonds is 4. The van der Waals surface area contributed by atoms with Gasteiger partial charge in [0.05, 0.1) is 31.6 Å². The molecule has 0 radical (unpaired) electrons. The van der Waals surface area contributed by atoms with Gasteiger partial charge in [-0.1, -0.05) is 0 Å². The predicted octanol–water partition coefficient (Wildman–Crippen LogP) is 2.37. The first-order chi connectivity index (χ1) is 13.5. The number of carbonyl (C=O) groups is 1. The van der Waals surface area contributed by atoms with Crippen LogP contribution >= 0.6 is 0 Å². The van der Waals surface area contributed by atoms with E-state index in [0.717, 1.165) is 0 Å². The fourth-order valence-electron chi connectivity index (χ4n) is 3.65. The Morgan fingerprint density at radius 3 is 2.93 bits per heavy atom. The third-order valence-electron chi connectivity index (χ3n) is 5.06. The molecule has 3 aliphatic heterocycles. The number of hydrogen-bond acceptors (Lipinski definition) is 6. The van der Waals surface area contributed by atoms with E-state index in [9.17, 15) is 18.7 Å². The number of alkyl halides is 2. The number of benzene rings is 1. The highest BCUT2D eigenvalue weighted by Gasteiger charge is 2.40. The minimum absolute atomic E-state index is 0.0517. The molecule has 0 aromatic heterocycles. The van der Waals surface area contributed by atoms with E-state index < -0.39 is 24.3 Å². The Morgan fingerprint density at radius 2 is 2.21 bits per heavy atom. The van der Waals surface area contributed by atoms with E-state index in [2.05, 4.69) is 10.2 Å². The highest BCUT2D eigenvalue weighted by molar-refractivity contribution is 5.69. The number of amides is 1. The molecule has 28 heavy (non-hydrogen) atoms. The minimum Gasteiger partial charge on any atom is -0.465 e. The van der Waals surface area contributed by atoms with Crippen molar-refractivity contribution >= 4 is 11.8 Å². The van der Waals surface area contributed by atoms with Gasteiger partial charge in [-0.2, -0.15) is 8.78 Å². The van der Waals surface area contributed by atoms with Gasteiger partial charge in [-0.15, -0.1) is 0 Å². The zero-order valence-electron chi connectivity index (χ0n) is 14.9. The summed E-state index contributed by atoms with van der Waals surface area (Å²) in [6, 6.07) is 3.90. The van der Waals surface area contributed by atoms with E-state index in [4.69, 9.17) is 14.3 Å². The van der Waals surface area contributed by atoms with E-state index in [-0.39, 0.29) is 25.5 Å². The summed E-state index contributed by atoms with van der Waals surface area (Å²) in [5, 5.41) is 9.49. The van der Waals surface area contributed by atoms with Crippen molar-refractivity contribution in [2.45, 2.75) is 24.7 Å². The van der Waals surface area contributed by atoms with E-state index in [1.165, 1.54) is 11.0 Å². The Balaban J connectivity index is 1.70. The zero-order chi connectivity index (χ0) is 19.7. The van der Waals surface area contributed by atoms with E-state index >= 15 is 0 Å². The molecule has 1 spiro atoms. The van der Waals surface area contributed by atoms with Gasteiger partial charge in [-0.25, -0.2) is 4.79 Å². The minimum atomic E-state index is -3.03. The summed E-state index contributed by atoms with van der Waals surface area (Å²) >= 11 is 0. The quantitative estimate of drug-likeness (QED) is 0.805. The molecule has 1 amide bonds. The van der Waals surface area contributed by atoms with Crippen molar-refractivity contribution in [3.05, 3.63) is 35.4 Å². The van der Waals surface area contributed by atoms with E-state index in [0.29, 0.717) is 36.5 Å². The normalized spacial score (nSPS) is 27.2. The van der Waals surface area contributed by atoms with Crippen LogP contribution in [0.15, 0.2) is 24.3 Å². The maximum absolute atomic E-state index is 12.9. The van der Waals surface area contributed by atoms with Gasteiger partial charge in [0, 0.05) is 30.7 Å². The lowest BCUT2D eigenvalue weighted by atomic mass is 9.97. The van der Waals surface area contributed by atoms with Crippen molar-refractivity contribution < 1.29 is 37.7 Å². The van der Waals surface area contributed by atoms with Crippen LogP contribution in [0.25, 0.3) is 5.70 Å². The third kappa shape index (κ3) is 3.62. The smallest absolute Gasteiger partial charge is 0.407 e. The Kier molecular flexibility index (Phi) is 5.09. The number of ether oxygens (including phenoxy) is 3. The first-order valence-corrected chi connectivity index (χ1v) is 8.88. The van der Waals surface area contributed by atoms with Crippen LogP contribution in [0.4, 0.5) is 13.6 Å². The number of hydroxylamine groups is 1. The molecule has 0 aliphatic carbocycles. The summed E-state index contributed by atoms with van der Waals surface area (Å²) in [7, 11) is 0. The number of nitrogens with zero attached hydrogens (tertiary/aromatic N) is 1. The average molecular weight is 398 g/mol. The lowest BCUT2D eigenvalue weighted by Gasteiger charge is -2.34. The maximum atomic E-state index is 12.9. The molecule has 1 aromatic carbocycles. The van der Waals surface area contributed by atoms with E-state index in [1.54, 1.807) is 12.1 Å². The third-order valence-corrected chi connectivity index (χ3v) is 5.06. The number of hydrogen-bond donors (Lipinski definition) is 2. The Labute approximate surface area is 159 Å². The van der Waals surface area contributed by atoms with Gasteiger partial charge in [-0.05, 0) is 24.3 Å². The van der Waals surface area contributed by atoms with Crippen LogP contribution in [0.2, 0.25) is 0 Å². The van der Waals surface area contributed by atoms with Crippen LogP contribution < -0.4 is 10.2 Å². The molecule has 3 heterocycles. The largest absolute Gasteiger partial charge is 0.465 e. The van der Waals surface area contributed by atoms with Gasteiger partial charge in [0.15, 0.2) is 0 Å². The maximum Gasteiger partial charge on any atom is 0.407 e. The highest BCUT2D eigenvalue weighted by atomic mass is 19.3. The number of morpholine rings is 1. The average Bonchev–Trinajstić information content (AvgIpc) is 3.32. The van der Waals surface area contributed by atoms with Gasteiger partial charge in [0.25, 0.3) is 0 Å². The van der Waals surface area contributed by atoms with Gasteiger partial charge >= 0.3 is 12.7 Å². The van der Waals surface area contributed by atoms with E-state index in [1.807, 2.05) is 6.08 Å². The zero-order valence-corrected chi connectivity index (χ0v) is 14.9. The fourth-order valence-corrected chi connectivity index (χ4v) is 3.65. The first kappa shape index (κ1) is 18.9. The van der Waals surface area contributed by atoms with Crippen molar-refractivity contribution in [1.29, 1.82) is 0 Å². The Morgan fingerprint density at radius 1 is 1.36 bits per heavy atom. The van der Waals surface area contributed by atoms with Crippen molar-refractivity contribution in [2.24, 2.45) is 0 Å². The molecular formula is C18H20F2N2O6. The monoisotopic (exact) mass is 398 g/mol. The second-order valence-electron chi connectivity index (χ2n) is 6.83. The van der Waals surface area contributed by atoms with Crippen molar-refractivity contribution in [2.75, 3.05) is 33.0 Å². The van der Waals surface area contributed by atoms with Crippen LogP contribution in [0.5, 0.6) is 5.75 Å². The molecule has 0 saturated carbocycles. The molecule has 0 bridgehead atoms. The predicted molar refractivity (Wildman–Crippen MR) is 91.7 cm³/mol. The molecule has 152 valence electrons. The molecule has 2 unspecified atom stereocenters. The Hall–Kier alpha value is -2.43. The van der Waals surface area contributed by atoms with Crippen molar-refractivity contribution in [3.8, 4) is 5.75 Å². The van der Waals surface area contributed by atoms with Crippen LogP contribution in [0, 0.1) is 0 Å². The van der Waals surface area contributed by atoms with Gasteiger partial charge in [-0.3, -0.25) is 15.2 Å². The molecule has 2 fully saturated rings. The molecule has 3 aliphatic rings. The molecule has 8 nitrogen and oxygen atoms in total. The van der Waals surface area contributed by atoms with Crippen molar-refractivity contribution in [1.82, 2.24) is 10.4 Å². The fraction of sp³-hybridized carbons (Fsp3) is 0.500.